The second-order valence-corrected chi connectivity index (χ2v) is 20.3. The number of aromatic nitrogens is 1. The van der Waals surface area contributed by atoms with Crippen LogP contribution in [0.4, 0.5) is 0 Å². The summed E-state index contributed by atoms with van der Waals surface area (Å²) >= 11 is 0. The van der Waals surface area contributed by atoms with Crippen LogP contribution in [0.25, 0.3) is 5.69 Å². The fourth-order valence-electron chi connectivity index (χ4n) is 10.4. The highest BCUT2D eigenvalue weighted by Gasteiger charge is 2.54. The van der Waals surface area contributed by atoms with Gasteiger partial charge >= 0.3 is 5.97 Å². The summed E-state index contributed by atoms with van der Waals surface area (Å²) < 4.78 is 46.2. The number of carbonyl (C=O) groups is 2. The zero-order chi connectivity index (χ0) is 50.6. The van der Waals surface area contributed by atoms with Gasteiger partial charge in [-0.05, 0) is 105 Å². The highest BCUT2D eigenvalue weighted by molar-refractivity contribution is 5.83. The number of aliphatic hydroxyl groups is 4. The Labute approximate surface area is 402 Å². The fourth-order valence-corrected chi connectivity index (χ4v) is 10.4. The number of carbonyl (C=O) groups excluding carboxylic acids is 2. The van der Waals surface area contributed by atoms with Crippen LogP contribution in [0.2, 0.25) is 0 Å². The average molecular weight is 955 g/mol. The molecule has 380 valence electrons. The predicted molar refractivity (Wildman–Crippen MR) is 254 cm³/mol. The SMILES string of the molecule is CCC1OC(=O)[C@H](C)[C@H](OC2C[C@@](C)(OC)[C@@H](O)[C@H](C)O2)[C@H](C)[C@@H](OC2O[C@H](C)C[C@H](N(C)CC#Cc3ccc(-n4cc(C)ccc4=O)cc3)[C@H]2O)[C@@](C)(OC)C[C@@H](C)C(=O)[C@H](C)[C@@H](O)[C@]1(C)O. The number of ketones is 1. The molecule has 4 N–H and O–H groups in total. The van der Waals surface area contributed by atoms with Gasteiger partial charge < -0.3 is 53.6 Å². The van der Waals surface area contributed by atoms with Gasteiger partial charge in [-0.25, -0.2) is 0 Å². The van der Waals surface area contributed by atoms with E-state index in [4.69, 9.17) is 33.2 Å². The van der Waals surface area contributed by atoms with E-state index >= 15 is 0 Å². The van der Waals surface area contributed by atoms with Crippen molar-refractivity contribution in [2.24, 2.45) is 23.7 Å². The molecule has 0 bridgehead atoms. The van der Waals surface area contributed by atoms with Crippen molar-refractivity contribution in [3.05, 3.63) is 64.1 Å². The molecule has 18 atom stereocenters. The molecular formula is C52H78N2O14. The number of benzene rings is 1. The third-order valence-corrected chi connectivity index (χ3v) is 14.9. The molecule has 1 aromatic carbocycles. The Morgan fingerprint density at radius 2 is 1.50 bits per heavy atom. The summed E-state index contributed by atoms with van der Waals surface area (Å²) in [5.74, 6) is 1.65. The number of ether oxygens (including phenoxy) is 7. The minimum atomic E-state index is -2.00. The van der Waals surface area contributed by atoms with Crippen LogP contribution in [0, 0.1) is 42.4 Å². The molecule has 0 saturated carbocycles. The molecule has 0 aliphatic carbocycles. The maximum atomic E-state index is 14.4. The standard InChI is InChI=1S/C52H78N2O14/c1-15-39-52(11,61)45(58)32(5)42(56)30(3)26-51(10,63-14)47(33(6)44(34(7)48(60)66-39)67-41-27-50(9,62-13)46(59)35(8)65-41)68-49-43(57)38(25-31(4)64-49)53(12)24-16-17-36-19-21-37(22-20-36)54-28-29(2)18-23-40(54)55/h18-23,28,30-35,38-39,41,43-47,49,57-59,61H,15,24-27H2,1-14H3/t30-,31-,32+,33+,34-,35+,38+,39?,41?,43-,44-,45-,46+,47-,49?,50-,51+,52-/m1/s1. The van der Waals surface area contributed by atoms with Crippen molar-refractivity contribution >= 4 is 11.8 Å². The molecule has 0 radical (unpaired) electrons. The Morgan fingerprint density at radius 3 is 2.12 bits per heavy atom. The number of rotatable bonds is 10. The zero-order valence-electron chi connectivity index (χ0n) is 42.5. The van der Waals surface area contributed by atoms with Gasteiger partial charge in [0.1, 0.15) is 29.7 Å². The van der Waals surface area contributed by atoms with E-state index in [-0.39, 0.29) is 43.3 Å². The Morgan fingerprint density at radius 1 is 0.853 bits per heavy atom. The lowest BCUT2D eigenvalue weighted by atomic mass is 9.74. The van der Waals surface area contributed by atoms with E-state index in [0.29, 0.717) is 6.42 Å². The number of cyclic esters (lactones) is 1. The lowest BCUT2D eigenvalue weighted by Gasteiger charge is -2.50. The molecule has 16 nitrogen and oxygen atoms in total. The second kappa shape index (κ2) is 22.7. The first-order valence-electron chi connectivity index (χ1n) is 24.0. The molecule has 68 heavy (non-hydrogen) atoms. The Balaban J connectivity index is 1.50. The minimum Gasteiger partial charge on any atom is -0.459 e. The van der Waals surface area contributed by atoms with Gasteiger partial charge in [0, 0.05) is 68.0 Å². The summed E-state index contributed by atoms with van der Waals surface area (Å²) in [5, 5.41) is 46.6. The number of methoxy groups -OCH3 is 2. The van der Waals surface area contributed by atoms with E-state index in [1.165, 1.54) is 27.2 Å². The molecule has 3 aliphatic heterocycles. The molecule has 3 unspecified atom stereocenters. The number of aliphatic hydroxyl groups excluding tert-OH is 3. The monoisotopic (exact) mass is 955 g/mol. The number of pyridine rings is 1. The van der Waals surface area contributed by atoms with Crippen molar-refractivity contribution in [2.45, 2.75) is 186 Å². The molecule has 0 spiro atoms. The first-order valence-corrected chi connectivity index (χ1v) is 24.0. The number of hydrogen-bond acceptors (Lipinski definition) is 15. The van der Waals surface area contributed by atoms with E-state index in [1.807, 2.05) is 57.0 Å². The van der Waals surface area contributed by atoms with Crippen LogP contribution in [0.15, 0.2) is 47.4 Å². The van der Waals surface area contributed by atoms with Gasteiger partial charge in [0.15, 0.2) is 12.6 Å². The van der Waals surface area contributed by atoms with E-state index in [2.05, 4.69) is 11.8 Å². The Kier molecular flexibility index (Phi) is 18.5. The number of aryl methyl sites for hydroxylation is 1. The number of hydrogen-bond donors (Lipinski definition) is 4. The lowest BCUT2D eigenvalue weighted by molar-refractivity contribution is -0.319. The highest BCUT2D eigenvalue weighted by atomic mass is 16.7. The molecular weight excluding hydrogens is 877 g/mol. The van der Waals surface area contributed by atoms with Gasteiger partial charge in [-0.1, -0.05) is 45.6 Å². The van der Waals surface area contributed by atoms with Crippen molar-refractivity contribution in [1.29, 1.82) is 0 Å². The number of likely N-dealkylation sites (N-methyl/N-ethyl adjacent to an activating group) is 1. The van der Waals surface area contributed by atoms with Gasteiger partial charge in [-0.3, -0.25) is 23.9 Å². The van der Waals surface area contributed by atoms with Crippen molar-refractivity contribution in [3.8, 4) is 17.5 Å². The van der Waals surface area contributed by atoms with E-state index in [0.717, 1.165) is 16.8 Å². The van der Waals surface area contributed by atoms with Crippen LogP contribution in [0.3, 0.4) is 0 Å². The van der Waals surface area contributed by atoms with E-state index in [9.17, 15) is 34.8 Å². The molecule has 2 aromatic rings. The van der Waals surface area contributed by atoms with Crippen molar-refractivity contribution in [1.82, 2.24) is 9.47 Å². The van der Waals surface area contributed by atoms with Crippen LogP contribution in [0.5, 0.6) is 0 Å². The summed E-state index contributed by atoms with van der Waals surface area (Å²) in [6.45, 7) is 19.2. The number of esters is 1. The summed E-state index contributed by atoms with van der Waals surface area (Å²) in [5.41, 5.74) is -2.09. The molecule has 5 rings (SSSR count). The number of nitrogens with zero attached hydrogens (tertiary/aromatic N) is 2. The van der Waals surface area contributed by atoms with Crippen molar-refractivity contribution < 1.29 is 63.2 Å². The van der Waals surface area contributed by atoms with Crippen LogP contribution < -0.4 is 5.56 Å². The van der Waals surface area contributed by atoms with Crippen LogP contribution in [0.1, 0.15) is 106 Å². The molecule has 1 aromatic heterocycles. The quantitative estimate of drug-likeness (QED) is 0.194. The molecule has 3 saturated heterocycles. The predicted octanol–water partition coefficient (Wildman–Crippen LogP) is 4.32. The molecule has 3 fully saturated rings. The van der Waals surface area contributed by atoms with E-state index in [1.54, 1.807) is 65.3 Å². The third kappa shape index (κ3) is 12.1. The molecule has 3 aliphatic rings. The molecule has 16 heteroatoms. The van der Waals surface area contributed by atoms with Gasteiger partial charge in [-0.2, -0.15) is 0 Å². The van der Waals surface area contributed by atoms with Crippen LogP contribution >= 0.6 is 0 Å². The average Bonchev–Trinajstić information content (AvgIpc) is 3.30. The normalized spacial score (nSPS) is 40.0. The first kappa shape index (κ1) is 55.4. The number of Topliss-reactive ketones (excluding diaryl/α,β-unsaturated/α-hetero) is 1. The van der Waals surface area contributed by atoms with Gasteiger partial charge in [0.05, 0.1) is 54.2 Å². The summed E-state index contributed by atoms with van der Waals surface area (Å²) in [6.07, 6.45) is -7.93. The minimum absolute atomic E-state index is 0.0597. The third-order valence-electron chi connectivity index (χ3n) is 14.9. The summed E-state index contributed by atoms with van der Waals surface area (Å²) in [4.78, 5) is 43.1. The second-order valence-electron chi connectivity index (χ2n) is 20.3. The Bertz CT molecular complexity index is 2140. The van der Waals surface area contributed by atoms with Gasteiger partial charge in [0.25, 0.3) is 5.56 Å². The highest BCUT2D eigenvalue weighted by Crippen LogP contribution is 2.42. The topological polar surface area (TPSA) is 205 Å². The largest absolute Gasteiger partial charge is 0.459 e. The lowest BCUT2D eigenvalue weighted by Crippen LogP contribution is -2.61. The summed E-state index contributed by atoms with van der Waals surface area (Å²) in [6, 6.07) is 10.2. The maximum absolute atomic E-state index is 14.4. The fraction of sp³-hybridized carbons (Fsp3) is 0.712. The van der Waals surface area contributed by atoms with Crippen molar-refractivity contribution in [3.63, 3.8) is 0 Å². The van der Waals surface area contributed by atoms with Crippen LogP contribution in [-0.4, -0.2) is 154 Å². The maximum Gasteiger partial charge on any atom is 0.311 e. The Hall–Kier alpha value is -3.57. The molecule has 4 heterocycles. The summed E-state index contributed by atoms with van der Waals surface area (Å²) in [7, 11) is 4.86. The zero-order valence-corrected chi connectivity index (χ0v) is 42.5. The smallest absolute Gasteiger partial charge is 0.311 e. The van der Waals surface area contributed by atoms with Crippen molar-refractivity contribution in [2.75, 3.05) is 27.8 Å². The van der Waals surface area contributed by atoms with Crippen LogP contribution in [-0.2, 0) is 42.7 Å². The molecule has 0 amide bonds. The first-order chi connectivity index (χ1) is 31.8. The van der Waals surface area contributed by atoms with E-state index < -0.39 is 108 Å². The van der Waals surface area contributed by atoms with Gasteiger partial charge in [-0.15, -0.1) is 0 Å². The van der Waals surface area contributed by atoms with Gasteiger partial charge in [0.2, 0.25) is 0 Å².